The lowest BCUT2D eigenvalue weighted by Gasteiger charge is -2.09. The molecule has 0 aliphatic heterocycles. The van der Waals surface area contributed by atoms with Gasteiger partial charge in [0.1, 0.15) is 11.9 Å². The van der Waals surface area contributed by atoms with E-state index < -0.39 is 6.10 Å². The van der Waals surface area contributed by atoms with Crippen molar-refractivity contribution in [2.24, 2.45) is 0 Å². The number of aliphatic hydroxyl groups excluding tert-OH is 1. The van der Waals surface area contributed by atoms with Gasteiger partial charge in [0.05, 0.1) is 19.1 Å². The van der Waals surface area contributed by atoms with E-state index in [4.69, 9.17) is 8.83 Å². The number of hydrogen-bond donors (Lipinski definition) is 3. The second-order valence-corrected chi connectivity index (χ2v) is 4.67. The molecule has 2 aromatic rings. The van der Waals surface area contributed by atoms with Gasteiger partial charge in [0.2, 0.25) is 5.91 Å². The zero-order valence-electron chi connectivity index (χ0n) is 12.0. The van der Waals surface area contributed by atoms with Crippen LogP contribution in [0.25, 0.3) is 0 Å². The number of aliphatic hydroxyl groups is 1. The fourth-order valence-electron chi connectivity index (χ4n) is 1.83. The topological polar surface area (TPSA) is 105 Å². The second kappa shape index (κ2) is 8.04. The van der Waals surface area contributed by atoms with Crippen LogP contribution in [0.1, 0.15) is 35.3 Å². The van der Waals surface area contributed by atoms with Gasteiger partial charge in [-0.3, -0.25) is 9.59 Å². The summed E-state index contributed by atoms with van der Waals surface area (Å²) in [5, 5.41) is 15.0. The first-order valence-electron chi connectivity index (χ1n) is 6.96. The van der Waals surface area contributed by atoms with Crippen molar-refractivity contribution in [1.29, 1.82) is 0 Å². The summed E-state index contributed by atoms with van der Waals surface area (Å²) >= 11 is 0. The number of hydrogen-bond acceptors (Lipinski definition) is 5. The maximum Gasteiger partial charge on any atom is 0.286 e. The summed E-state index contributed by atoms with van der Waals surface area (Å²) in [6, 6.07) is 6.51. The minimum absolute atomic E-state index is 0.0884. The lowest BCUT2D eigenvalue weighted by Crippen LogP contribution is -2.29. The number of carbonyl (C=O) groups excluding carboxylic acids is 2. The van der Waals surface area contributed by atoms with Gasteiger partial charge in [-0.1, -0.05) is 0 Å². The standard InChI is InChI=1S/C15H18N2O5/c18-11(12-4-2-8-21-12)10-17-14(19)6-1-7-16-15(20)13-5-3-9-22-13/h2-5,8-9,11,18H,1,6-7,10H2,(H,16,20)(H,17,19). The number of furan rings is 2. The van der Waals surface area contributed by atoms with E-state index in [9.17, 15) is 14.7 Å². The predicted molar refractivity (Wildman–Crippen MR) is 77.0 cm³/mol. The highest BCUT2D eigenvalue weighted by Gasteiger charge is 2.12. The van der Waals surface area contributed by atoms with Gasteiger partial charge in [0, 0.05) is 13.0 Å². The van der Waals surface area contributed by atoms with Crippen LogP contribution in [0.3, 0.4) is 0 Å². The summed E-state index contributed by atoms with van der Waals surface area (Å²) in [4.78, 5) is 23.2. The normalized spacial score (nSPS) is 11.9. The van der Waals surface area contributed by atoms with Gasteiger partial charge in [0.25, 0.3) is 5.91 Å². The largest absolute Gasteiger partial charge is 0.467 e. The molecule has 2 heterocycles. The highest BCUT2D eigenvalue weighted by Crippen LogP contribution is 2.11. The molecule has 0 aliphatic carbocycles. The lowest BCUT2D eigenvalue weighted by molar-refractivity contribution is -0.121. The average Bonchev–Trinajstić information content (AvgIpc) is 3.21. The molecular formula is C15H18N2O5. The number of nitrogens with one attached hydrogen (secondary N) is 2. The summed E-state index contributed by atoms with van der Waals surface area (Å²) in [7, 11) is 0. The molecule has 0 saturated carbocycles. The fraction of sp³-hybridized carbons (Fsp3) is 0.333. The van der Waals surface area contributed by atoms with Crippen LogP contribution in [0, 0.1) is 0 Å². The van der Waals surface area contributed by atoms with Crippen LogP contribution in [0.4, 0.5) is 0 Å². The summed E-state index contributed by atoms with van der Waals surface area (Å²) in [5.41, 5.74) is 0. The van der Waals surface area contributed by atoms with Crippen molar-refractivity contribution in [2.75, 3.05) is 13.1 Å². The van der Waals surface area contributed by atoms with Gasteiger partial charge in [0.15, 0.2) is 5.76 Å². The Bertz CT molecular complexity index is 577. The Hall–Kier alpha value is -2.54. The zero-order chi connectivity index (χ0) is 15.8. The molecule has 3 N–H and O–H groups in total. The molecule has 0 aromatic carbocycles. The van der Waals surface area contributed by atoms with Gasteiger partial charge < -0.3 is 24.6 Å². The van der Waals surface area contributed by atoms with E-state index in [-0.39, 0.29) is 30.5 Å². The third-order valence-electron chi connectivity index (χ3n) is 2.98. The van der Waals surface area contributed by atoms with Crippen molar-refractivity contribution < 1.29 is 23.5 Å². The van der Waals surface area contributed by atoms with Crippen LogP contribution in [0.5, 0.6) is 0 Å². The van der Waals surface area contributed by atoms with Gasteiger partial charge >= 0.3 is 0 Å². The Morgan fingerprint density at radius 3 is 2.59 bits per heavy atom. The number of rotatable bonds is 8. The van der Waals surface area contributed by atoms with E-state index in [2.05, 4.69) is 10.6 Å². The van der Waals surface area contributed by atoms with Crippen molar-refractivity contribution in [2.45, 2.75) is 18.9 Å². The van der Waals surface area contributed by atoms with Crippen LogP contribution in [-0.4, -0.2) is 30.0 Å². The molecule has 2 aromatic heterocycles. The molecule has 22 heavy (non-hydrogen) atoms. The maximum atomic E-state index is 11.6. The summed E-state index contributed by atoms with van der Waals surface area (Å²) in [6.45, 7) is 0.457. The molecule has 2 rings (SSSR count). The minimum Gasteiger partial charge on any atom is -0.467 e. The third kappa shape index (κ3) is 4.78. The molecule has 118 valence electrons. The van der Waals surface area contributed by atoms with Gasteiger partial charge in [-0.2, -0.15) is 0 Å². The summed E-state index contributed by atoms with van der Waals surface area (Å²) < 4.78 is 9.98. The zero-order valence-corrected chi connectivity index (χ0v) is 12.0. The lowest BCUT2D eigenvalue weighted by atomic mass is 10.2. The minimum atomic E-state index is -0.863. The van der Waals surface area contributed by atoms with Crippen molar-refractivity contribution in [3.63, 3.8) is 0 Å². The molecule has 0 spiro atoms. The van der Waals surface area contributed by atoms with Crippen molar-refractivity contribution in [3.05, 3.63) is 48.3 Å². The molecule has 1 unspecified atom stereocenters. The highest BCUT2D eigenvalue weighted by molar-refractivity contribution is 5.91. The molecule has 7 heteroatoms. The molecule has 1 atom stereocenters. The van der Waals surface area contributed by atoms with Gasteiger partial charge in [-0.15, -0.1) is 0 Å². The maximum absolute atomic E-state index is 11.6. The molecular weight excluding hydrogens is 288 g/mol. The number of carbonyl (C=O) groups is 2. The molecule has 0 aliphatic rings. The molecule has 0 fully saturated rings. The quantitative estimate of drug-likeness (QED) is 0.636. The Labute approximate surface area is 127 Å². The Balaban J connectivity index is 1.57. The first kappa shape index (κ1) is 15.8. The van der Waals surface area contributed by atoms with Gasteiger partial charge in [-0.05, 0) is 30.7 Å². The Kier molecular flexibility index (Phi) is 5.79. The molecule has 0 bridgehead atoms. The van der Waals surface area contributed by atoms with E-state index in [1.165, 1.54) is 12.5 Å². The predicted octanol–water partition coefficient (Wildman–Crippen LogP) is 1.23. The third-order valence-corrected chi connectivity index (χ3v) is 2.98. The van der Waals surface area contributed by atoms with Gasteiger partial charge in [-0.25, -0.2) is 0 Å². The second-order valence-electron chi connectivity index (χ2n) is 4.67. The summed E-state index contributed by atoms with van der Waals surface area (Å²) in [5.74, 6) is 0.147. The molecule has 0 radical (unpaired) electrons. The van der Waals surface area contributed by atoms with E-state index in [0.29, 0.717) is 18.7 Å². The van der Waals surface area contributed by atoms with Crippen LogP contribution < -0.4 is 10.6 Å². The first-order valence-corrected chi connectivity index (χ1v) is 6.96. The summed E-state index contributed by atoms with van der Waals surface area (Å²) in [6.07, 6.45) is 2.77. The smallest absolute Gasteiger partial charge is 0.286 e. The first-order chi connectivity index (χ1) is 10.7. The fourth-order valence-corrected chi connectivity index (χ4v) is 1.83. The van der Waals surface area contributed by atoms with E-state index >= 15 is 0 Å². The van der Waals surface area contributed by atoms with Crippen LogP contribution in [0.2, 0.25) is 0 Å². The molecule has 7 nitrogen and oxygen atoms in total. The monoisotopic (exact) mass is 306 g/mol. The highest BCUT2D eigenvalue weighted by atomic mass is 16.4. The van der Waals surface area contributed by atoms with Crippen LogP contribution in [-0.2, 0) is 4.79 Å². The molecule has 0 saturated heterocycles. The van der Waals surface area contributed by atoms with Crippen molar-refractivity contribution in [3.8, 4) is 0 Å². The SMILES string of the molecule is O=C(CCCNC(=O)c1ccco1)NCC(O)c1ccco1. The van der Waals surface area contributed by atoms with Crippen molar-refractivity contribution in [1.82, 2.24) is 10.6 Å². The van der Waals surface area contributed by atoms with E-state index in [1.54, 1.807) is 24.3 Å². The molecule has 2 amide bonds. The Morgan fingerprint density at radius 2 is 1.91 bits per heavy atom. The average molecular weight is 306 g/mol. The number of amides is 2. The van der Waals surface area contributed by atoms with Crippen molar-refractivity contribution >= 4 is 11.8 Å². The van der Waals surface area contributed by atoms with Crippen LogP contribution >= 0.6 is 0 Å². The van der Waals surface area contributed by atoms with E-state index in [1.807, 2.05) is 0 Å². The van der Waals surface area contributed by atoms with E-state index in [0.717, 1.165) is 0 Å². The Morgan fingerprint density at radius 1 is 1.14 bits per heavy atom. The van der Waals surface area contributed by atoms with Crippen LogP contribution in [0.15, 0.2) is 45.6 Å².